The number of aryl methyl sites for hydroxylation is 2. The van der Waals surface area contributed by atoms with Gasteiger partial charge in [-0.05, 0) is 61.6 Å². The number of hydrogen-bond donors (Lipinski definition) is 2. The van der Waals surface area contributed by atoms with Gasteiger partial charge < -0.3 is 24.9 Å². The van der Waals surface area contributed by atoms with Crippen LogP contribution in [0, 0.1) is 6.92 Å². The molecule has 4 N–H and O–H groups in total. The van der Waals surface area contributed by atoms with Crippen LogP contribution in [0.5, 0.6) is 0 Å². The Morgan fingerprint density at radius 2 is 1.77 bits per heavy atom. The average Bonchev–Trinajstić information content (AvgIpc) is 3.68. The number of fused-ring (bicyclic) bond motifs is 1. The van der Waals surface area contributed by atoms with Gasteiger partial charge in [0.15, 0.2) is 21.7 Å². The lowest BCUT2D eigenvalue weighted by Gasteiger charge is -2.36. The highest BCUT2D eigenvalue weighted by molar-refractivity contribution is 7.86. The number of carbonyl (C=O) groups is 2. The van der Waals surface area contributed by atoms with Gasteiger partial charge in [0, 0.05) is 44.3 Å². The summed E-state index contributed by atoms with van der Waals surface area (Å²) in [6, 6.07) is 14.4. The maximum absolute atomic E-state index is 14.5. The largest absolute Gasteiger partial charge is 0.412 e. The number of carbonyl (C=O) groups excluding carboxylic acids is 2. The van der Waals surface area contributed by atoms with Gasteiger partial charge >= 0.3 is 0 Å². The first kappa shape index (κ1) is 35.5. The lowest BCUT2D eigenvalue weighted by Crippen LogP contribution is -2.46. The van der Waals surface area contributed by atoms with E-state index in [1.54, 1.807) is 58.0 Å². The summed E-state index contributed by atoms with van der Waals surface area (Å²) in [4.78, 5) is 35.8. The number of rotatable bonds is 13. The third-order valence-electron chi connectivity index (χ3n) is 8.32. The monoisotopic (exact) mass is 663 g/mol. The first-order valence-corrected chi connectivity index (χ1v) is 17.0. The highest BCUT2D eigenvalue weighted by atomic mass is 32.2. The second-order valence-electron chi connectivity index (χ2n) is 11.8. The van der Waals surface area contributed by atoms with E-state index in [1.807, 2.05) is 36.1 Å². The fraction of sp³-hybridized carbons (Fsp3) is 0.412. The Morgan fingerprint density at radius 3 is 2.40 bits per heavy atom. The molecular formula is C34H45N7O5S. The summed E-state index contributed by atoms with van der Waals surface area (Å²) in [5.74, 6) is -0.431. The Morgan fingerprint density at radius 1 is 1.06 bits per heavy atom. The molecule has 5 rings (SSSR count). The lowest BCUT2D eigenvalue weighted by molar-refractivity contribution is 0.0544. The minimum atomic E-state index is -1.67. The highest BCUT2D eigenvalue weighted by Crippen LogP contribution is 2.29. The molecule has 0 saturated carbocycles. The lowest BCUT2D eigenvalue weighted by atomic mass is 9.93. The van der Waals surface area contributed by atoms with Crippen LogP contribution in [0.15, 0.2) is 66.1 Å². The van der Waals surface area contributed by atoms with E-state index < -0.39 is 17.0 Å². The van der Waals surface area contributed by atoms with E-state index in [1.165, 1.54) is 0 Å². The van der Waals surface area contributed by atoms with Crippen molar-refractivity contribution in [2.45, 2.75) is 70.5 Å². The molecule has 2 amide bonds. The van der Waals surface area contributed by atoms with Crippen molar-refractivity contribution in [1.82, 2.24) is 29.1 Å². The van der Waals surface area contributed by atoms with Gasteiger partial charge in [0.25, 0.3) is 11.8 Å². The summed E-state index contributed by atoms with van der Waals surface area (Å²) in [6.07, 6.45) is 7.55. The Labute approximate surface area is 278 Å². The van der Waals surface area contributed by atoms with Crippen LogP contribution in [0.25, 0.3) is 5.69 Å². The number of hydrogen-bond acceptors (Lipinski definition) is 6. The van der Waals surface area contributed by atoms with Crippen LogP contribution in [0.2, 0.25) is 0 Å². The maximum Gasteiger partial charge on any atom is 0.274 e. The number of nitrogens with one attached hydrogen (secondary N) is 1. The van der Waals surface area contributed by atoms with Crippen molar-refractivity contribution in [3.8, 4) is 5.69 Å². The Balaban J connectivity index is 0.00000500. The van der Waals surface area contributed by atoms with Gasteiger partial charge in [0.2, 0.25) is 0 Å². The van der Waals surface area contributed by atoms with Crippen molar-refractivity contribution >= 4 is 28.5 Å². The van der Waals surface area contributed by atoms with Gasteiger partial charge in [-0.3, -0.25) is 14.3 Å². The fourth-order valence-electron chi connectivity index (χ4n) is 5.74. The fourth-order valence-corrected chi connectivity index (χ4v) is 6.59. The van der Waals surface area contributed by atoms with Crippen LogP contribution in [0.1, 0.15) is 77.2 Å². The normalized spacial score (nSPS) is 14.7. The van der Waals surface area contributed by atoms with E-state index in [2.05, 4.69) is 23.6 Å². The number of benzene rings is 2. The molecule has 47 heavy (non-hydrogen) atoms. The summed E-state index contributed by atoms with van der Waals surface area (Å²) >= 11 is 0. The van der Waals surface area contributed by atoms with Crippen molar-refractivity contribution in [1.29, 1.82) is 0 Å². The third kappa shape index (κ3) is 7.98. The molecule has 0 radical (unpaired) electrons. The van der Waals surface area contributed by atoms with Crippen LogP contribution in [-0.4, -0.2) is 81.5 Å². The molecule has 3 heterocycles. The average molecular weight is 664 g/mol. The molecule has 1 aliphatic rings. The number of aliphatic hydroxyl groups is 1. The summed E-state index contributed by atoms with van der Waals surface area (Å²) in [5.41, 5.74) is 4.40. The second-order valence-corrected chi connectivity index (χ2v) is 13.0. The van der Waals surface area contributed by atoms with Crippen molar-refractivity contribution in [3.05, 3.63) is 89.1 Å². The molecule has 2 aromatic heterocycles. The van der Waals surface area contributed by atoms with Crippen molar-refractivity contribution in [2.75, 3.05) is 24.4 Å². The smallest absolute Gasteiger partial charge is 0.274 e. The number of aromatic nitrogens is 4. The van der Waals surface area contributed by atoms with Gasteiger partial charge in [0.05, 0.1) is 30.2 Å². The van der Waals surface area contributed by atoms with E-state index in [4.69, 9.17) is 5.10 Å². The highest BCUT2D eigenvalue weighted by Gasteiger charge is 2.32. The van der Waals surface area contributed by atoms with Crippen LogP contribution >= 0.6 is 0 Å². The number of amides is 2. The van der Waals surface area contributed by atoms with Crippen LogP contribution in [0.3, 0.4) is 0 Å². The molecule has 2 aromatic carbocycles. The standard InChI is InChI=1S/C34H43N7O4S.H2O/c1-5-7-15-39(16-8-6-2)34(44)30-17-24(3)41(36-30)31-14-13-27(37-46(45)32-21-38(4)23-35-32)19-29(31)33(43)40-20-26-12-10-9-11-25(26)18-28(40)22-42;/h9-14,17,19,21,23,28,37,42H,5-8,15-16,18,20,22H2,1-4H3;1H2/t28-,46?;/m0./s1. The van der Waals surface area contributed by atoms with E-state index in [0.29, 0.717) is 59.4 Å². The van der Waals surface area contributed by atoms with E-state index in [0.717, 1.165) is 36.8 Å². The van der Waals surface area contributed by atoms with Crippen LogP contribution in [-0.2, 0) is 31.0 Å². The zero-order valence-corrected chi connectivity index (χ0v) is 28.3. The minimum absolute atomic E-state index is 0. The predicted octanol–water partition coefficient (Wildman–Crippen LogP) is 3.83. The van der Waals surface area contributed by atoms with E-state index in [9.17, 15) is 18.9 Å². The molecular weight excluding hydrogens is 618 g/mol. The number of nitrogens with zero attached hydrogens (tertiary/aromatic N) is 6. The first-order chi connectivity index (χ1) is 22.2. The van der Waals surface area contributed by atoms with Gasteiger partial charge in [0.1, 0.15) is 0 Å². The van der Waals surface area contributed by atoms with Gasteiger partial charge in [-0.25, -0.2) is 13.9 Å². The molecule has 0 aliphatic carbocycles. The molecule has 252 valence electrons. The Bertz CT molecular complexity index is 1710. The zero-order chi connectivity index (χ0) is 32.8. The molecule has 0 bridgehead atoms. The maximum atomic E-state index is 14.5. The topological polar surface area (TPSA) is 157 Å². The third-order valence-corrected chi connectivity index (χ3v) is 9.33. The minimum Gasteiger partial charge on any atom is -0.412 e. The van der Waals surface area contributed by atoms with Gasteiger partial charge in [-0.15, -0.1) is 0 Å². The Hall–Kier alpha value is -4.33. The summed E-state index contributed by atoms with van der Waals surface area (Å²) in [7, 11) is 0.131. The predicted molar refractivity (Wildman–Crippen MR) is 182 cm³/mol. The van der Waals surface area contributed by atoms with E-state index >= 15 is 0 Å². The zero-order valence-electron chi connectivity index (χ0n) is 27.5. The van der Waals surface area contributed by atoms with Crippen molar-refractivity contribution in [2.24, 2.45) is 7.05 Å². The molecule has 0 spiro atoms. The summed E-state index contributed by atoms with van der Waals surface area (Å²) in [5, 5.41) is 15.4. The molecule has 1 aliphatic heterocycles. The van der Waals surface area contributed by atoms with Gasteiger partial charge in [-0.1, -0.05) is 51.0 Å². The molecule has 0 fully saturated rings. The summed E-state index contributed by atoms with van der Waals surface area (Å²) < 4.78 is 19.4. The molecule has 12 nitrogen and oxygen atoms in total. The van der Waals surface area contributed by atoms with Crippen molar-refractivity contribution < 1.29 is 24.4 Å². The number of unbranched alkanes of at least 4 members (excludes halogenated alkanes) is 2. The Kier molecular flexibility index (Phi) is 12.1. The van der Waals surface area contributed by atoms with Crippen molar-refractivity contribution in [3.63, 3.8) is 0 Å². The molecule has 1 unspecified atom stereocenters. The molecule has 13 heteroatoms. The quantitative estimate of drug-likeness (QED) is 0.221. The van der Waals surface area contributed by atoms with Gasteiger partial charge in [-0.2, -0.15) is 5.10 Å². The first-order valence-electron chi connectivity index (χ1n) is 15.9. The van der Waals surface area contributed by atoms with Crippen LogP contribution < -0.4 is 4.72 Å². The molecule has 2 atom stereocenters. The summed E-state index contributed by atoms with van der Waals surface area (Å²) in [6.45, 7) is 7.54. The van der Waals surface area contributed by atoms with E-state index in [-0.39, 0.29) is 23.9 Å². The SMILES string of the molecule is CCCCN(CCCC)C(=O)c1cc(C)n(-c2ccc(NS(=O)c3cn(C)cn3)cc2C(=O)N2Cc3ccccc3C[C@H]2CO)n1.O. The second kappa shape index (κ2) is 16.0. The molecule has 4 aromatic rings. The molecule has 0 saturated heterocycles. The number of aliphatic hydroxyl groups excluding tert-OH is 1. The number of anilines is 1. The number of imidazole rings is 1. The van der Waals surface area contributed by atoms with Crippen LogP contribution in [0.4, 0.5) is 5.69 Å².